The van der Waals surface area contributed by atoms with Crippen molar-refractivity contribution in [1.82, 2.24) is 0 Å². The van der Waals surface area contributed by atoms with Crippen molar-refractivity contribution in [2.75, 3.05) is 19.8 Å². The average molecular weight is 334 g/mol. The SMILES string of the molecule is OC(Cc1ccc(I)cc1)C1COCCO1. The van der Waals surface area contributed by atoms with Crippen LogP contribution in [-0.4, -0.2) is 37.1 Å². The van der Waals surface area contributed by atoms with Crippen LogP contribution in [0.3, 0.4) is 0 Å². The fraction of sp³-hybridized carbons (Fsp3) is 0.500. The number of ether oxygens (including phenoxy) is 2. The van der Waals surface area contributed by atoms with Gasteiger partial charge in [-0.2, -0.15) is 0 Å². The second-order valence-electron chi connectivity index (χ2n) is 3.88. The Morgan fingerprint density at radius 1 is 1.31 bits per heavy atom. The maximum absolute atomic E-state index is 9.99. The van der Waals surface area contributed by atoms with Crippen molar-refractivity contribution in [3.05, 3.63) is 33.4 Å². The number of rotatable bonds is 3. The van der Waals surface area contributed by atoms with Gasteiger partial charge < -0.3 is 14.6 Å². The van der Waals surface area contributed by atoms with Gasteiger partial charge in [0.05, 0.1) is 25.9 Å². The van der Waals surface area contributed by atoms with Gasteiger partial charge in [0, 0.05) is 9.99 Å². The van der Waals surface area contributed by atoms with Gasteiger partial charge in [0.25, 0.3) is 0 Å². The van der Waals surface area contributed by atoms with Gasteiger partial charge in [0.15, 0.2) is 0 Å². The van der Waals surface area contributed by atoms with Gasteiger partial charge >= 0.3 is 0 Å². The summed E-state index contributed by atoms with van der Waals surface area (Å²) in [6, 6.07) is 8.16. The molecular weight excluding hydrogens is 319 g/mol. The van der Waals surface area contributed by atoms with E-state index in [1.54, 1.807) is 0 Å². The lowest BCUT2D eigenvalue weighted by Crippen LogP contribution is -2.39. The van der Waals surface area contributed by atoms with E-state index in [-0.39, 0.29) is 6.10 Å². The summed E-state index contributed by atoms with van der Waals surface area (Å²) < 4.78 is 11.9. The minimum Gasteiger partial charge on any atom is -0.390 e. The zero-order chi connectivity index (χ0) is 11.4. The van der Waals surface area contributed by atoms with Crippen LogP contribution in [0.25, 0.3) is 0 Å². The summed E-state index contributed by atoms with van der Waals surface area (Å²) in [6.45, 7) is 1.70. The van der Waals surface area contributed by atoms with Crippen molar-refractivity contribution in [2.24, 2.45) is 0 Å². The highest BCUT2D eigenvalue weighted by Gasteiger charge is 2.23. The summed E-state index contributed by atoms with van der Waals surface area (Å²) >= 11 is 2.27. The quantitative estimate of drug-likeness (QED) is 0.854. The van der Waals surface area contributed by atoms with E-state index >= 15 is 0 Å². The Balaban J connectivity index is 1.90. The Morgan fingerprint density at radius 2 is 2.06 bits per heavy atom. The summed E-state index contributed by atoms with van der Waals surface area (Å²) in [6.07, 6.45) is -0.0568. The molecule has 1 fully saturated rings. The molecule has 2 unspecified atom stereocenters. The molecule has 1 aromatic carbocycles. The third-order valence-corrected chi connectivity index (χ3v) is 3.35. The largest absolute Gasteiger partial charge is 0.390 e. The molecule has 2 rings (SSSR count). The highest BCUT2D eigenvalue weighted by molar-refractivity contribution is 14.1. The molecule has 1 aliphatic rings. The fourth-order valence-corrected chi connectivity index (χ4v) is 2.08. The molecule has 0 bridgehead atoms. The van der Waals surface area contributed by atoms with Crippen LogP contribution in [0.4, 0.5) is 0 Å². The summed E-state index contributed by atoms with van der Waals surface area (Å²) in [5, 5.41) is 9.99. The summed E-state index contributed by atoms with van der Waals surface area (Å²) in [5.74, 6) is 0. The number of aliphatic hydroxyl groups excluding tert-OH is 1. The first-order chi connectivity index (χ1) is 7.75. The lowest BCUT2D eigenvalue weighted by atomic mass is 10.0. The van der Waals surface area contributed by atoms with Gasteiger partial charge in [0.2, 0.25) is 0 Å². The molecule has 0 aliphatic carbocycles. The minimum absolute atomic E-state index is 0.187. The molecule has 0 aromatic heterocycles. The van der Waals surface area contributed by atoms with Gasteiger partial charge in [-0.1, -0.05) is 12.1 Å². The first-order valence-electron chi connectivity index (χ1n) is 5.37. The smallest absolute Gasteiger partial charge is 0.107 e. The fourth-order valence-electron chi connectivity index (χ4n) is 1.72. The van der Waals surface area contributed by atoms with Crippen LogP contribution in [0.15, 0.2) is 24.3 Å². The van der Waals surface area contributed by atoms with Crippen LogP contribution in [0.1, 0.15) is 5.56 Å². The number of hydrogen-bond acceptors (Lipinski definition) is 3. The van der Waals surface area contributed by atoms with Crippen molar-refractivity contribution >= 4 is 22.6 Å². The van der Waals surface area contributed by atoms with Crippen LogP contribution in [0, 0.1) is 3.57 Å². The molecule has 1 heterocycles. The molecule has 0 saturated carbocycles. The normalized spacial score (nSPS) is 23.0. The molecule has 16 heavy (non-hydrogen) atoms. The van der Waals surface area contributed by atoms with Gasteiger partial charge in [-0.05, 0) is 40.3 Å². The van der Waals surface area contributed by atoms with Gasteiger partial charge in [-0.25, -0.2) is 0 Å². The van der Waals surface area contributed by atoms with E-state index in [1.807, 2.05) is 24.3 Å². The van der Waals surface area contributed by atoms with Crippen molar-refractivity contribution in [3.63, 3.8) is 0 Å². The lowest BCUT2D eigenvalue weighted by Gasteiger charge is -2.27. The third kappa shape index (κ3) is 3.41. The zero-order valence-corrected chi connectivity index (χ0v) is 11.1. The molecule has 4 heteroatoms. The Morgan fingerprint density at radius 3 is 2.69 bits per heavy atom. The van der Waals surface area contributed by atoms with Gasteiger partial charge in [0.1, 0.15) is 6.10 Å². The van der Waals surface area contributed by atoms with Crippen molar-refractivity contribution in [3.8, 4) is 0 Å². The molecule has 0 spiro atoms. The molecule has 1 aromatic rings. The Labute approximate surface area is 109 Å². The van der Waals surface area contributed by atoms with E-state index in [0.717, 1.165) is 5.56 Å². The third-order valence-electron chi connectivity index (χ3n) is 2.63. The van der Waals surface area contributed by atoms with Crippen LogP contribution < -0.4 is 0 Å². The van der Waals surface area contributed by atoms with Crippen molar-refractivity contribution in [1.29, 1.82) is 0 Å². The van der Waals surface area contributed by atoms with Crippen LogP contribution >= 0.6 is 22.6 Å². The van der Waals surface area contributed by atoms with E-state index in [4.69, 9.17) is 9.47 Å². The molecule has 0 radical (unpaired) electrons. The maximum atomic E-state index is 9.99. The number of aliphatic hydroxyl groups is 1. The summed E-state index contributed by atoms with van der Waals surface area (Å²) in [5.41, 5.74) is 1.13. The number of halogens is 1. The monoisotopic (exact) mass is 334 g/mol. The molecule has 88 valence electrons. The van der Waals surface area contributed by atoms with E-state index in [0.29, 0.717) is 26.2 Å². The first kappa shape index (κ1) is 12.3. The van der Waals surface area contributed by atoms with Gasteiger partial charge in [-0.3, -0.25) is 0 Å². The summed E-state index contributed by atoms with van der Waals surface area (Å²) in [4.78, 5) is 0. The zero-order valence-electron chi connectivity index (χ0n) is 8.93. The molecule has 0 amide bonds. The highest BCUT2D eigenvalue weighted by atomic mass is 127. The van der Waals surface area contributed by atoms with Crippen molar-refractivity contribution in [2.45, 2.75) is 18.6 Å². The van der Waals surface area contributed by atoms with E-state index in [1.165, 1.54) is 3.57 Å². The first-order valence-corrected chi connectivity index (χ1v) is 6.45. The second-order valence-corrected chi connectivity index (χ2v) is 5.13. The topological polar surface area (TPSA) is 38.7 Å². The van der Waals surface area contributed by atoms with E-state index in [9.17, 15) is 5.11 Å². The molecular formula is C12H15IO3. The molecule has 3 nitrogen and oxygen atoms in total. The molecule has 1 aliphatic heterocycles. The van der Waals surface area contributed by atoms with Crippen LogP contribution in [0.5, 0.6) is 0 Å². The maximum Gasteiger partial charge on any atom is 0.107 e. The van der Waals surface area contributed by atoms with Crippen LogP contribution in [-0.2, 0) is 15.9 Å². The predicted octanol–water partition coefficient (Wildman–Crippen LogP) is 1.61. The predicted molar refractivity (Wildman–Crippen MR) is 69.4 cm³/mol. The average Bonchev–Trinajstić information content (AvgIpc) is 2.33. The summed E-state index contributed by atoms with van der Waals surface area (Å²) in [7, 11) is 0. The Kier molecular flexibility index (Phi) is 4.57. The second kappa shape index (κ2) is 5.95. The lowest BCUT2D eigenvalue weighted by molar-refractivity contribution is -0.131. The highest BCUT2D eigenvalue weighted by Crippen LogP contribution is 2.13. The molecule has 2 atom stereocenters. The number of benzene rings is 1. The van der Waals surface area contributed by atoms with Crippen LogP contribution in [0.2, 0.25) is 0 Å². The Hall–Kier alpha value is -0.170. The minimum atomic E-state index is -0.486. The van der Waals surface area contributed by atoms with E-state index < -0.39 is 6.10 Å². The number of hydrogen-bond donors (Lipinski definition) is 1. The standard InChI is InChI=1S/C12H15IO3/c13-10-3-1-9(2-4-10)7-11(14)12-8-15-5-6-16-12/h1-4,11-12,14H,5-8H2. The Bertz CT molecular complexity index is 320. The van der Waals surface area contributed by atoms with E-state index in [2.05, 4.69) is 22.6 Å². The van der Waals surface area contributed by atoms with Crippen molar-refractivity contribution < 1.29 is 14.6 Å². The molecule has 1 saturated heterocycles. The molecule has 1 N–H and O–H groups in total. The van der Waals surface area contributed by atoms with Gasteiger partial charge in [-0.15, -0.1) is 0 Å².